The Bertz CT molecular complexity index is 591. The van der Waals surface area contributed by atoms with E-state index in [0.29, 0.717) is 24.9 Å². The predicted molar refractivity (Wildman–Crippen MR) is 85.5 cm³/mol. The normalized spacial score (nSPS) is 18.0. The summed E-state index contributed by atoms with van der Waals surface area (Å²) in [7, 11) is -3.54. The summed E-state index contributed by atoms with van der Waals surface area (Å²) in [5.74, 6) is 0.603. The molecule has 0 bridgehead atoms. The summed E-state index contributed by atoms with van der Waals surface area (Å²) in [6, 6.07) is 1.89. The van der Waals surface area contributed by atoms with E-state index in [2.05, 4.69) is 32.9 Å². The van der Waals surface area contributed by atoms with Crippen molar-refractivity contribution in [3.63, 3.8) is 0 Å². The summed E-state index contributed by atoms with van der Waals surface area (Å²) >= 11 is 3.20. The number of rotatable bonds is 7. The van der Waals surface area contributed by atoms with E-state index in [1.54, 1.807) is 6.07 Å². The van der Waals surface area contributed by atoms with Gasteiger partial charge in [0, 0.05) is 18.7 Å². The predicted octanol–water partition coefficient (Wildman–Crippen LogP) is 3.01. The zero-order valence-electron chi connectivity index (χ0n) is 12.7. The van der Waals surface area contributed by atoms with Crippen LogP contribution in [0.2, 0.25) is 0 Å². The molecule has 2 N–H and O–H groups in total. The lowest BCUT2D eigenvalue weighted by Crippen LogP contribution is -2.39. The van der Waals surface area contributed by atoms with Gasteiger partial charge < -0.3 is 9.73 Å². The largest absolute Gasteiger partial charge is 0.452 e. The number of furan rings is 1. The summed E-state index contributed by atoms with van der Waals surface area (Å²) in [5, 5.41) is 3.20. The van der Waals surface area contributed by atoms with E-state index >= 15 is 0 Å². The van der Waals surface area contributed by atoms with Gasteiger partial charge in [-0.3, -0.25) is 0 Å². The molecule has 1 heterocycles. The first-order valence-corrected chi connectivity index (χ1v) is 9.51. The van der Waals surface area contributed by atoms with Crippen LogP contribution in [-0.4, -0.2) is 21.0 Å². The molecule has 0 atom stereocenters. The fraction of sp³-hybridized carbons (Fsp3) is 0.714. The summed E-state index contributed by atoms with van der Waals surface area (Å²) in [5.41, 5.74) is 0.102. The van der Waals surface area contributed by atoms with Crippen molar-refractivity contribution in [2.75, 3.05) is 6.54 Å². The van der Waals surface area contributed by atoms with Crippen molar-refractivity contribution in [1.82, 2.24) is 10.0 Å². The van der Waals surface area contributed by atoms with Gasteiger partial charge in [0.25, 0.3) is 0 Å². The summed E-state index contributed by atoms with van der Waals surface area (Å²) in [4.78, 5) is 0.172. The van der Waals surface area contributed by atoms with Crippen molar-refractivity contribution in [1.29, 1.82) is 0 Å². The molecule has 1 aromatic heterocycles. The number of sulfonamides is 1. The van der Waals surface area contributed by atoms with Crippen LogP contribution in [0.25, 0.3) is 0 Å². The maximum Gasteiger partial charge on any atom is 0.244 e. The molecule has 1 saturated carbocycles. The minimum Gasteiger partial charge on any atom is -0.452 e. The van der Waals surface area contributed by atoms with Crippen LogP contribution in [0.4, 0.5) is 0 Å². The summed E-state index contributed by atoms with van der Waals surface area (Å²) in [6.07, 6.45) is 3.33. The Hall–Kier alpha value is -0.370. The highest BCUT2D eigenvalue weighted by molar-refractivity contribution is 9.10. The molecule has 5 nitrogen and oxygen atoms in total. The average molecular weight is 379 g/mol. The van der Waals surface area contributed by atoms with Gasteiger partial charge in [0.2, 0.25) is 10.0 Å². The first kappa shape index (κ1) is 17.0. The fourth-order valence-electron chi connectivity index (χ4n) is 2.28. The van der Waals surface area contributed by atoms with Crippen LogP contribution in [0.3, 0.4) is 0 Å². The quantitative estimate of drug-likeness (QED) is 0.764. The van der Waals surface area contributed by atoms with E-state index in [4.69, 9.17) is 4.42 Å². The number of hydrogen-bond donors (Lipinski definition) is 2. The second kappa shape index (κ2) is 6.40. The lowest BCUT2D eigenvalue weighted by molar-refractivity contribution is 0.166. The van der Waals surface area contributed by atoms with Crippen molar-refractivity contribution in [3.8, 4) is 0 Å². The van der Waals surface area contributed by atoms with Gasteiger partial charge >= 0.3 is 0 Å². The summed E-state index contributed by atoms with van der Waals surface area (Å²) < 4.78 is 33.2. The van der Waals surface area contributed by atoms with Gasteiger partial charge in [-0.05, 0) is 34.2 Å². The summed E-state index contributed by atoms with van der Waals surface area (Å²) in [6.45, 7) is 7.14. The van der Waals surface area contributed by atoms with Gasteiger partial charge in [-0.1, -0.05) is 27.2 Å². The van der Waals surface area contributed by atoms with Crippen LogP contribution in [0.1, 0.15) is 45.8 Å². The number of halogens is 1. The molecule has 7 heteroatoms. The topological polar surface area (TPSA) is 71.3 Å². The molecule has 0 aliphatic heterocycles. The van der Waals surface area contributed by atoms with Crippen molar-refractivity contribution < 1.29 is 12.8 Å². The van der Waals surface area contributed by atoms with Gasteiger partial charge in [-0.25, -0.2) is 13.1 Å². The van der Waals surface area contributed by atoms with E-state index in [-0.39, 0.29) is 15.0 Å². The zero-order chi connectivity index (χ0) is 15.7. The fourth-order valence-corrected chi connectivity index (χ4v) is 4.47. The van der Waals surface area contributed by atoms with Crippen LogP contribution >= 0.6 is 15.9 Å². The molecule has 0 radical (unpaired) electrons. The number of hydrogen-bond acceptors (Lipinski definition) is 4. The Morgan fingerprint density at radius 3 is 2.62 bits per heavy atom. The molecule has 0 saturated heterocycles. The van der Waals surface area contributed by atoms with Crippen LogP contribution in [-0.2, 0) is 16.6 Å². The smallest absolute Gasteiger partial charge is 0.244 e. The second-order valence-corrected chi connectivity index (χ2v) is 8.83. The maximum absolute atomic E-state index is 12.4. The lowest BCUT2D eigenvalue weighted by Gasteiger charge is -2.38. The Labute approximate surface area is 135 Å². The van der Waals surface area contributed by atoms with Gasteiger partial charge in [0.1, 0.15) is 10.7 Å². The SMILES string of the molecule is CC(C)NCc1cc(S(=O)(=O)NCC2(C)CCC2)c(Br)o1. The first-order valence-electron chi connectivity index (χ1n) is 7.23. The van der Waals surface area contributed by atoms with Crippen LogP contribution < -0.4 is 10.0 Å². The molecule has 2 rings (SSSR count). The van der Waals surface area contributed by atoms with Gasteiger partial charge in [-0.15, -0.1) is 0 Å². The van der Waals surface area contributed by atoms with Crippen molar-refractivity contribution in [2.45, 2.75) is 57.5 Å². The molecular formula is C14H23BrN2O3S. The molecular weight excluding hydrogens is 356 g/mol. The maximum atomic E-state index is 12.4. The van der Waals surface area contributed by atoms with E-state index in [1.165, 1.54) is 6.42 Å². The Balaban J connectivity index is 2.05. The lowest BCUT2D eigenvalue weighted by atomic mass is 9.71. The van der Waals surface area contributed by atoms with Crippen LogP contribution in [0.15, 0.2) is 20.0 Å². The Kier molecular flexibility index (Phi) is 5.18. The van der Waals surface area contributed by atoms with E-state index in [9.17, 15) is 8.42 Å². The first-order chi connectivity index (χ1) is 9.72. The minimum absolute atomic E-state index is 0.102. The highest BCUT2D eigenvalue weighted by Gasteiger charge is 2.33. The van der Waals surface area contributed by atoms with Gasteiger partial charge in [0.05, 0.1) is 6.54 Å². The third-order valence-corrected chi connectivity index (χ3v) is 6.19. The molecule has 1 aromatic rings. The molecule has 1 fully saturated rings. The molecule has 0 spiro atoms. The van der Waals surface area contributed by atoms with Gasteiger partial charge in [-0.2, -0.15) is 0 Å². The van der Waals surface area contributed by atoms with Crippen LogP contribution in [0, 0.1) is 5.41 Å². The monoisotopic (exact) mass is 378 g/mol. The molecule has 0 amide bonds. The average Bonchev–Trinajstić information content (AvgIpc) is 2.74. The second-order valence-electron chi connectivity index (χ2n) is 6.38. The molecule has 0 unspecified atom stereocenters. The van der Waals surface area contributed by atoms with Crippen molar-refractivity contribution in [3.05, 3.63) is 16.5 Å². The third-order valence-electron chi connectivity index (χ3n) is 3.93. The highest BCUT2D eigenvalue weighted by atomic mass is 79.9. The molecule has 1 aliphatic carbocycles. The zero-order valence-corrected chi connectivity index (χ0v) is 15.1. The molecule has 1 aliphatic rings. The van der Waals surface area contributed by atoms with Crippen molar-refractivity contribution >= 4 is 26.0 Å². The molecule has 120 valence electrons. The minimum atomic E-state index is -3.54. The number of nitrogens with one attached hydrogen (secondary N) is 2. The Morgan fingerprint density at radius 1 is 1.43 bits per heavy atom. The molecule has 21 heavy (non-hydrogen) atoms. The molecule has 0 aromatic carbocycles. The van der Waals surface area contributed by atoms with Gasteiger partial charge in [0.15, 0.2) is 4.67 Å². The van der Waals surface area contributed by atoms with E-state index < -0.39 is 10.0 Å². The van der Waals surface area contributed by atoms with Crippen LogP contribution in [0.5, 0.6) is 0 Å². The van der Waals surface area contributed by atoms with E-state index in [1.807, 2.05) is 13.8 Å². The van der Waals surface area contributed by atoms with E-state index in [0.717, 1.165) is 12.8 Å². The Morgan fingerprint density at radius 2 is 2.10 bits per heavy atom. The highest BCUT2D eigenvalue weighted by Crippen LogP contribution is 2.39. The third kappa shape index (κ3) is 4.31. The standard InChI is InChI=1S/C14H23BrN2O3S/c1-10(2)16-8-11-7-12(13(15)20-11)21(18,19)17-9-14(3)5-4-6-14/h7,10,16-17H,4-6,8-9H2,1-3H3. The van der Waals surface area contributed by atoms with Crippen molar-refractivity contribution in [2.24, 2.45) is 5.41 Å².